The summed E-state index contributed by atoms with van der Waals surface area (Å²) in [4.78, 5) is 12.7. The van der Waals surface area contributed by atoms with Crippen LogP contribution >= 0.6 is 23.2 Å². The highest BCUT2D eigenvalue weighted by Crippen LogP contribution is 2.23. The topological polar surface area (TPSA) is 97.3 Å². The highest BCUT2D eigenvalue weighted by atomic mass is 35.5. The Hall–Kier alpha value is -3.11. The Morgan fingerprint density at radius 3 is 2.20 bits per heavy atom. The van der Waals surface area contributed by atoms with Crippen molar-refractivity contribution in [3.05, 3.63) is 87.9 Å². The third-order valence-electron chi connectivity index (χ3n) is 4.88. The summed E-state index contributed by atoms with van der Waals surface area (Å²) < 4.78 is 38.1. The maximum Gasteiger partial charge on any atom is 0.255 e. The molecule has 0 aliphatic carbocycles. The second-order valence-electron chi connectivity index (χ2n) is 7.25. The molecule has 3 rings (SSSR count). The van der Waals surface area contributed by atoms with E-state index in [1.165, 1.54) is 44.7 Å². The first-order chi connectivity index (χ1) is 16.7. The highest BCUT2D eigenvalue weighted by Gasteiger charge is 2.27. The second kappa shape index (κ2) is 12.0. The van der Waals surface area contributed by atoms with E-state index < -0.39 is 22.5 Å². The summed E-state index contributed by atoms with van der Waals surface area (Å²) in [6.45, 7) is -0.518. The van der Waals surface area contributed by atoms with Crippen molar-refractivity contribution in [2.75, 3.05) is 20.8 Å². The molecule has 0 saturated carbocycles. The molecule has 0 unspecified atom stereocenters. The number of nitrogens with one attached hydrogen (secondary N) is 1. The van der Waals surface area contributed by atoms with Gasteiger partial charge < -0.3 is 9.47 Å². The molecule has 1 N–H and O–H groups in total. The maximum absolute atomic E-state index is 13.3. The molecule has 0 fully saturated rings. The normalized spacial score (nSPS) is 11.6. The number of methoxy groups -OCH3 is 2. The minimum Gasteiger partial charge on any atom is -0.497 e. The third kappa shape index (κ3) is 7.19. The predicted molar refractivity (Wildman–Crippen MR) is 136 cm³/mol. The first kappa shape index (κ1) is 26.5. The molecule has 0 spiro atoms. The van der Waals surface area contributed by atoms with Gasteiger partial charge in [-0.3, -0.25) is 4.79 Å². The van der Waals surface area contributed by atoms with Crippen molar-refractivity contribution in [1.29, 1.82) is 0 Å². The van der Waals surface area contributed by atoms with E-state index in [0.717, 1.165) is 4.31 Å². The van der Waals surface area contributed by atoms with Gasteiger partial charge in [0.15, 0.2) is 0 Å². The van der Waals surface area contributed by atoms with E-state index in [9.17, 15) is 13.2 Å². The molecule has 0 atom stereocenters. The molecule has 3 aromatic carbocycles. The van der Waals surface area contributed by atoms with E-state index >= 15 is 0 Å². The van der Waals surface area contributed by atoms with Gasteiger partial charge in [-0.15, -0.1) is 0 Å². The van der Waals surface area contributed by atoms with E-state index in [1.54, 1.807) is 42.5 Å². The number of halogens is 2. The van der Waals surface area contributed by atoms with Crippen LogP contribution in [0.25, 0.3) is 0 Å². The molecule has 3 aromatic rings. The molecule has 184 valence electrons. The van der Waals surface area contributed by atoms with Gasteiger partial charge in [-0.05, 0) is 54.1 Å². The average molecular weight is 536 g/mol. The van der Waals surface area contributed by atoms with Crippen LogP contribution < -0.4 is 14.9 Å². The number of nitrogens with zero attached hydrogens (tertiary/aromatic N) is 2. The fraction of sp³-hybridized carbons (Fsp3) is 0.167. The number of hydrogen-bond donors (Lipinski definition) is 1. The molecular formula is C24H23Cl2N3O5S. The van der Waals surface area contributed by atoms with Crippen LogP contribution in [0.3, 0.4) is 0 Å². The van der Waals surface area contributed by atoms with Crippen LogP contribution in [0, 0.1) is 0 Å². The summed E-state index contributed by atoms with van der Waals surface area (Å²) >= 11 is 11.8. The van der Waals surface area contributed by atoms with Gasteiger partial charge in [-0.1, -0.05) is 35.3 Å². The number of sulfonamides is 1. The highest BCUT2D eigenvalue weighted by molar-refractivity contribution is 7.89. The summed E-state index contributed by atoms with van der Waals surface area (Å²) in [7, 11) is -0.982. The maximum atomic E-state index is 13.3. The summed E-state index contributed by atoms with van der Waals surface area (Å²) in [6, 6.07) is 17.5. The fourth-order valence-electron chi connectivity index (χ4n) is 3.07. The van der Waals surface area contributed by atoms with Crippen LogP contribution in [0.1, 0.15) is 11.1 Å². The summed E-state index contributed by atoms with van der Waals surface area (Å²) in [5.74, 6) is 0.477. The summed E-state index contributed by atoms with van der Waals surface area (Å²) in [5.41, 5.74) is 3.62. The number of hydrazone groups is 1. The minimum atomic E-state index is -4.02. The van der Waals surface area contributed by atoms with Gasteiger partial charge >= 0.3 is 0 Å². The number of rotatable bonds is 10. The van der Waals surface area contributed by atoms with Crippen molar-refractivity contribution in [3.63, 3.8) is 0 Å². The summed E-state index contributed by atoms with van der Waals surface area (Å²) in [6.07, 6.45) is 1.40. The lowest BCUT2D eigenvalue weighted by molar-refractivity contribution is -0.121. The molecule has 8 nitrogen and oxygen atoms in total. The van der Waals surface area contributed by atoms with Gasteiger partial charge in [-0.2, -0.15) is 9.41 Å². The Morgan fingerprint density at radius 2 is 1.60 bits per heavy atom. The molecule has 0 heterocycles. The van der Waals surface area contributed by atoms with E-state index in [2.05, 4.69) is 10.5 Å². The lowest BCUT2D eigenvalue weighted by atomic mass is 10.2. The van der Waals surface area contributed by atoms with Crippen LogP contribution in [-0.2, 0) is 21.4 Å². The minimum absolute atomic E-state index is 0.00938. The van der Waals surface area contributed by atoms with Crippen LogP contribution in [0.2, 0.25) is 10.0 Å². The summed E-state index contributed by atoms with van der Waals surface area (Å²) in [5, 5.41) is 4.86. The molecule has 35 heavy (non-hydrogen) atoms. The van der Waals surface area contributed by atoms with Crippen molar-refractivity contribution in [3.8, 4) is 11.5 Å². The van der Waals surface area contributed by atoms with Gasteiger partial charge in [0.1, 0.15) is 11.5 Å². The van der Waals surface area contributed by atoms with Crippen LogP contribution in [-0.4, -0.2) is 45.6 Å². The predicted octanol–water partition coefficient (Wildman–Crippen LogP) is 4.35. The van der Waals surface area contributed by atoms with Crippen LogP contribution in [0.15, 0.2) is 76.7 Å². The molecule has 0 aliphatic heterocycles. The van der Waals surface area contributed by atoms with E-state index in [-0.39, 0.29) is 11.4 Å². The van der Waals surface area contributed by atoms with Gasteiger partial charge in [0.2, 0.25) is 10.0 Å². The number of amides is 1. The quantitative estimate of drug-likeness (QED) is 0.307. The molecule has 0 bridgehead atoms. The van der Waals surface area contributed by atoms with Crippen LogP contribution in [0.5, 0.6) is 11.5 Å². The zero-order valence-corrected chi connectivity index (χ0v) is 21.3. The zero-order valence-electron chi connectivity index (χ0n) is 18.9. The number of carbonyl (C=O) groups is 1. The largest absolute Gasteiger partial charge is 0.497 e. The van der Waals surface area contributed by atoms with Gasteiger partial charge in [-0.25, -0.2) is 13.8 Å². The van der Waals surface area contributed by atoms with Crippen molar-refractivity contribution in [2.24, 2.45) is 5.10 Å². The van der Waals surface area contributed by atoms with Crippen molar-refractivity contribution in [2.45, 2.75) is 11.4 Å². The number of benzene rings is 3. The smallest absolute Gasteiger partial charge is 0.255 e. The lowest BCUT2D eigenvalue weighted by Crippen LogP contribution is -2.39. The molecule has 0 radical (unpaired) electrons. The lowest BCUT2D eigenvalue weighted by Gasteiger charge is -2.21. The first-order valence-electron chi connectivity index (χ1n) is 10.3. The molecular weight excluding hydrogens is 513 g/mol. The Kier molecular flexibility index (Phi) is 9.11. The number of ether oxygens (including phenoxy) is 2. The molecule has 0 aromatic heterocycles. The van der Waals surface area contributed by atoms with Crippen molar-refractivity contribution < 1.29 is 22.7 Å². The number of carbonyl (C=O) groups excluding carboxylic acids is 1. The third-order valence-corrected chi connectivity index (χ3v) is 7.19. The molecule has 0 saturated heterocycles. The Labute approximate surface area is 214 Å². The molecule has 1 amide bonds. The second-order valence-corrected chi connectivity index (χ2v) is 10.1. The molecule has 11 heteroatoms. The van der Waals surface area contributed by atoms with Crippen molar-refractivity contribution in [1.82, 2.24) is 9.73 Å². The Balaban J connectivity index is 1.79. The van der Waals surface area contributed by atoms with Gasteiger partial charge in [0.25, 0.3) is 5.91 Å². The van der Waals surface area contributed by atoms with Crippen molar-refractivity contribution >= 4 is 45.3 Å². The monoisotopic (exact) mass is 535 g/mol. The Bertz CT molecular complexity index is 1300. The number of hydrogen-bond acceptors (Lipinski definition) is 6. The van der Waals surface area contributed by atoms with E-state index in [1.807, 2.05) is 0 Å². The SMILES string of the molecule is COc1ccc(/C=N\NC(=O)CN(Cc2ccc(Cl)cc2)S(=O)(=O)c2ccc(Cl)cc2)c(OC)c1. The van der Waals surface area contributed by atoms with Crippen LogP contribution in [0.4, 0.5) is 0 Å². The van der Waals surface area contributed by atoms with Gasteiger partial charge in [0, 0.05) is 28.2 Å². The first-order valence-corrected chi connectivity index (χ1v) is 12.5. The Morgan fingerprint density at radius 1 is 0.971 bits per heavy atom. The fourth-order valence-corrected chi connectivity index (χ4v) is 4.71. The van der Waals surface area contributed by atoms with Gasteiger partial charge in [0.05, 0.1) is 31.9 Å². The average Bonchev–Trinajstić information content (AvgIpc) is 2.85. The zero-order chi connectivity index (χ0) is 25.4. The standard InChI is InChI=1S/C24H23Cl2N3O5S/c1-33-21-10-5-18(23(13-21)34-2)14-27-28-24(30)16-29(15-17-3-6-19(25)7-4-17)35(31,32)22-11-8-20(26)9-12-22/h3-14H,15-16H2,1-2H3,(H,28,30)/b27-14-. The van der Waals surface area contributed by atoms with E-state index in [4.69, 9.17) is 32.7 Å². The van der Waals surface area contributed by atoms with E-state index in [0.29, 0.717) is 32.7 Å². The molecule has 0 aliphatic rings.